The van der Waals surface area contributed by atoms with Crippen LogP contribution in [0.5, 0.6) is 0 Å². The Balaban J connectivity index is 1.91. The Morgan fingerprint density at radius 3 is 2.79 bits per heavy atom. The summed E-state index contributed by atoms with van der Waals surface area (Å²) in [5.74, 6) is 0. The predicted octanol–water partition coefficient (Wildman–Crippen LogP) is 3.57. The van der Waals surface area contributed by atoms with Crippen LogP contribution in [0.1, 0.15) is 21.9 Å². The number of aromatic nitrogens is 1. The van der Waals surface area contributed by atoms with Crippen LogP contribution in [0.15, 0.2) is 14.7 Å². The van der Waals surface area contributed by atoms with Crippen molar-refractivity contribution in [2.75, 3.05) is 4.72 Å². The number of aryl methyl sites for hydroxylation is 3. The first-order valence-corrected chi connectivity index (χ1v) is 9.64. The van der Waals surface area contributed by atoms with Crippen molar-refractivity contribution in [1.29, 1.82) is 0 Å². The standard InChI is InChI=1S/C11H11BrN2O2S3/c1-6-9(5-10(12)17-6)19(15,16)14-11-13-7-3-2-4-8(7)18-11/h5H,2-4H2,1H3,(H,13,14). The van der Waals surface area contributed by atoms with Crippen LogP contribution in [0.25, 0.3) is 0 Å². The number of hydrogen-bond acceptors (Lipinski definition) is 5. The van der Waals surface area contributed by atoms with Crippen molar-refractivity contribution >= 4 is 53.8 Å². The number of anilines is 1. The molecule has 0 spiro atoms. The monoisotopic (exact) mass is 378 g/mol. The van der Waals surface area contributed by atoms with E-state index >= 15 is 0 Å². The Labute approximate surface area is 128 Å². The number of fused-ring (bicyclic) bond motifs is 1. The summed E-state index contributed by atoms with van der Waals surface area (Å²) in [5, 5.41) is 0.478. The fraction of sp³-hybridized carbons (Fsp3) is 0.364. The molecule has 0 bridgehead atoms. The zero-order valence-corrected chi connectivity index (χ0v) is 14.1. The molecular weight excluding hydrogens is 368 g/mol. The highest BCUT2D eigenvalue weighted by atomic mass is 79.9. The second-order valence-electron chi connectivity index (χ2n) is 4.32. The van der Waals surface area contributed by atoms with Crippen molar-refractivity contribution in [1.82, 2.24) is 4.98 Å². The van der Waals surface area contributed by atoms with Crippen molar-refractivity contribution in [3.63, 3.8) is 0 Å². The largest absolute Gasteiger partial charge is 0.264 e. The second kappa shape index (κ2) is 4.83. The smallest absolute Gasteiger partial charge is 0.255 e. The maximum Gasteiger partial charge on any atom is 0.264 e. The van der Waals surface area contributed by atoms with Crippen LogP contribution in [0, 0.1) is 6.92 Å². The molecule has 0 unspecified atom stereocenters. The van der Waals surface area contributed by atoms with Crippen molar-refractivity contribution in [2.24, 2.45) is 0 Å². The maximum atomic E-state index is 12.3. The van der Waals surface area contributed by atoms with Gasteiger partial charge >= 0.3 is 0 Å². The first kappa shape index (κ1) is 13.5. The highest BCUT2D eigenvalue weighted by Gasteiger charge is 2.23. The summed E-state index contributed by atoms with van der Waals surface area (Å²) < 4.78 is 28.0. The van der Waals surface area contributed by atoms with E-state index in [4.69, 9.17) is 0 Å². The van der Waals surface area contributed by atoms with E-state index in [-0.39, 0.29) is 0 Å². The number of halogens is 1. The Kier molecular flexibility index (Phi) is 3.45. The quantitative estimate of drug-likeness (QED) is 0.887. The highest BCUT2D eigenvalue weighted by molar-refractivity contribution is 9.11. The van der Waals surface area contributed by atoms with Crippen molar-refractivity contribution in [3.8, 4) is 0 Å². The summed E-state index contributed by atoms with van der Waals surface area (Å²) in [6.45, 7) is 1.80. The molecule has 2 aromatic heterocycles. The lowest BCUT2D eigenvalue weighted by Crippen LogP contribution is -2.13. The fourth-order valence-electron chi connectivity index (χ4n) is 2.10. The summed E-state index contributed by atoms with van der Waals surface area (Å²) >= 11 is 6.17. The van der Waals surface area contributed by atoms with E-state index in [9.17, 15) is 8.42 Å². The summed E-state index contributed by atoms with van der Waals surface area (Å²) in [4.78, 5) is 6.65. The first-order chi connectivity index (χ1) is 8.95. The zero-order valence-electron chi connectivity index (χ0n) is 10.1. The molecule has 0 amide bonds. The summed E-state index contributed by atoms with van der Waals surface area (Å²) in [6, 6.07) is 1.63. The number of rotatable bonds is 3. The van der Waals surface area contributed by atoms with Crippen molar-refractivity contribution in [3.05, 3.63) is 25.3 Å². The fourth-order valence-corrected chi connectivity index (χ4v) is 6.80. The topological polar surface area (TPSA) is 59.1 Å². The van der Waals surface area contributed by atoms with Gasteiger partial charge in [-0.25, -0.2) is 13.4 Å². The number of thiophene rings is 1. The molecule has 0 aromatic carbocycles. The minimum atomic E-state index is -3.53. The summed E-state index contributed by atoms with van der Waals surface area (Å²) in [5.41, 5.74) is 1.05. The number of thiazole rings is 1. The van der Waals surface area contributed by atoms with Gasteiger partial charge in [-0.3, -0.25) is 4.72 Å². The van der Waals surface area contributed by atoms with Gasteiger partial charge in [0.05, 0.1) is 9.48 Å². The van der Waals surface area contributed by atoms with E-state index in [1.54, 1.807) is 13.0 Å². The van der Waals surface area contributed by atoms with Crippen LogP contribution < -0.4 is 4.72 Å². The molecule has 1 aliphatic rings. The number of nitrogens with one attached hydrogen (secondary N) is 1. The molecule has 0 radical (unpaired) electrons. The molecule has 0 saturated heterocycles. The molecule has 2 aromatic rings. The van der Waals surface area contributed by atoms with Crippen LogP contribution in [0.4, 0.5) is 5.13 Å². The van der Waals surface area contributed by atoms with Crippen molar-refractivity contribution in [2.45, 2.75) is 31.1 Å². The molecule has 1 aliphatic carbocycles. The molecule has 1 N–H and O–H groups in total. The van der Waals surface area contributed by atoms with E-state index in [0.29, 0.717) is 10.0 Å². The number of nitrogens with zero attached hydrogens (tertiary/aromatic N) is 1. The van der Waals surface area contributed by atoms with Crippen molar-refractivity contribution < 1.29 is 8.42 Å². The average Bonchev–Trinajstić information content (AvgIpc) is 2.92. The molecule has 0 aliphatic heterocycles. The van der Waals surface area contributed by atoms with E-state index in [0.717, 1.165) is 33.6 Å². The Bertz CT molecular complexity index is 712. The molecule has 0 atom stereocenters. The molecular formula is C11H11BrN2O2S3. The Morgan fingerprint density at radius 1 is 1.37 bits per heavy atom. The van der Waals surface area contributed by atoms with Gasteiger partial charge in [-0.15, -0.1) is 22.7 Å². The first-order valence-electron chi connectivity index (χ1n) is 5.73. The lowest BCUT2D eigenvalue weighted by Gasteiger charge is -2.04. The third kappa shape index (κ3) is 2.58. The summed E-state index contributed by atoms with van der Waals surface area (Å²) in [6.07, 6.45) is 3.09. The van der Waals surface area contributed by atoms with Gasteiger partial charge in [0.15, 0.2) is 5.13 Å². The molecule has 19 heavy (non-hydrogen) atoms. The van der Waals surface area contributed by atoms with Gasteiger partial charge in [0.2, 0.25) is 0 Å². The minimum absolute atomic E-state index is 0.319. The van der Waals surface area contributed by atoms with E-state index < -0.39 is 10.0 Å². The molecule has 0 saturated carbocycles. The van der Waals surface area contributed by atoms with Crippen LogP contribution >= 0.6 is 38.6 Å². The SMILES string of the molecule is Cc1sc(Br)cc1S(=O)(=O)Nc1nc2c(s1)CCC2. The third-order valence-corrected chi connectivity index (χ3v) is 7.30. The van der Waals surface area contributed by atoms with Gasteiger partial charge in [0.1, 0.15) is 4.90 Å². The molecule has 3 rings (SSSR count). The van der Waals surface area contributed by atoms with Gasteiger partial charge < -0.3 is 0 Å². The molecule has 102 valence electrons. The van der Waals surface area contributed by atoms with Gasteiger partial charge in [0.25, 0.3) is 10.0 Å². The highest BCUT2D eigenvalue weighted by Crippen LogP contribution is 2.34. The lowest BCUT2D eigenvalue weighted by molar-refractivity contribution is 0.601. The maximum absolute atomic E-state index is 12.3. The van der Waals surface area contributed by atoms with Crippen LogP contribution in [-0.4, -0.2) is 13.4 Å². The normalized spacial score (nSPS) is 14.6. The van der Waals surface area contributed by atoms with Gasteiger partial charge in [-0.1, -0.05) is 0 Å². The van der Waals surface area contributed by atoms with Crippen LogP contribution in [0.3, 0.4) is 0 Å². The van der Waals surface area contributed by atoms with E-state index in [2.05, 4.69) is 25.6 Å². The third-order valence-electron chi connectivity index (χ3n) is 2.95. The van der Waals surface area contributed by atoms with E-state index in [1.165, 1.54) is 27.6 Å². The number of sulfonamides is 1. The minimum Gasteiger partial charge on any atom is -0.255 e. The average molecular weight is 379 g/mol. The van der Waals surface area contributed by atoms with Gasteiger partial charge in [-0.05, 0) is 48.2 Å². The molecule has 4 nitrogen and oxygen atoms in total. The predicted molar refractivity (Wildman–Crippen MR) is 81.7 cm³/mol. The molecule has 0 fully saturated rings. The Hall–Kier alpha value is -0.440. The van der Waals surface area contributed by atoms with E-state index in [1.807, 2.05) is 0 Å². The summed E-state index contributed by atoms with van der Waals surface area (Å²) in [7, 11) is -3.53. The zero-order chi connectivity index (χ0) is 13.6. The van der Waals surface area contributed by atoms with Gasteiger partial charge in [0, 0.05) is 9.75 Å². The van der Waals surface area contributed by atoms with Gasteiger partial charge in [-0.2, -0.15) is 0 Å². The molecule has 8 heteroatoms. The number of hydrogen-bond donors (Lipinski definition) is 1. The second-order valence-corrected chi connectivity index (χ2v) is 9.69. The Morgan fingerprint density at radius 2 is 2.16 bits per heavy atom. The molecule has 2 heterocycles. The van der Waals surface area contributed by atoms with Crippen LogP contribution in [0.2, 0.25) is 0 Å². The van der Waals surface area contributed by atoms with Crippen LogP contribution in [-0.2, 0) is 22.9 Å². The lowest BCUT2D eigenvalue weighted by atomic mass is 10.4.